The molecule has 1 aromatic carbocycles. The lowest BCUT2D eigenvalue weighted by molar-refractivity contribution is -0.159. The van der Waals surface area contributed by atoms with Gasteiger partial charge < -0.3 is 9.84 Å². The highest BCUT2D eigenvalue weighted by atomic mass is 32.2. The van der Waals surface area contributed by atoms with Crippen LogP contribution in [0.1, 0.15) is 33.3 Å². The van der Waals surface area contributed by atoms with Crippen LogP contribution in [-0.4, -0.2) is 37.5 Å². The zero-order valence-corrected chi connectivity index (χ0v) is 15.4. The van der Waals surface area contributed by atoms with E-state index in [9.17, 15) is 23.1 Å². The third-order valence-corrected chi connectivity index (χ3v) is 4.87. The minimum absolute atomic E-state index is 0.00650. The lowest BCUT2D eigenvalue weighted by atomic mass is 10.0. The van der Waals surface area contributed by atoms with Gasteiger partial charge >= 0.3 is 16.2 Å². The summed E-state index contributed by atoms with van der Waals surface area (Å²) in [4.78, 5) is 23.3. The molecule has 1 amide bonds. The largest absolute Gasteiger partial charge is 0.506 e. The molecule has 0 saturated carbocycles. The molecule has 1 aliphatic heterocycles. The predicted octanol–water partition coefficient (Wildman–Crippen LogP) is 1.09. The van der Waals surface area contributed by atoms with Crippen LogP contribution in [0.5, 0.6) is 5.75 Å². The number of anilines is 1. The van der Waals surface area contributed by atoms with Crippen LogP contribution in [0.3, 0.4) is 0 Å². The van der Waals surface area contributed by atoms with Crippen molar-refractivity contribution in [2.45, 2.75) is 39.7 Å². The van der Waals surface area contributed by atoms with Crippen LogP contribution in [0.15, 0.2) is 18.2 Å². The molecule has 1 atom stereocenters. The predicted molar refractivity (Wildman–Crippen MR) is 91.2 cm³/mol. The number of hydrogen-bond donors (Lipinski definition) is 2. The lowest BCUT2D eigenvalue weighted by Crippen LogP contribution is -2.29. The van der Waals surface area contributed by atoms with Crippen LogP contribution in [-0.2, 0) is 31.0 Å². The van der Waals surface area contributed by atoms with E-state index in [-0.39, 0.29) is 24.0 Å². The van der Waals surface area contributed by atoms with E-state index in [0.717, 1.165) is 4.31 Å². The Kier molecular flexibility index (Phi) is 4.99. The van der Waals surface area contributed by atoms with Gasteiger partial charge in [-0.3, -0.25) is 9.59 Å². The van der Waals surface area contributed by atoms with Crippen molar-refractivity contribution >= 4 is 27.8 Å². The topological polar surface area (TPSA) is 113 Å². The van der Waals surface area contributed by atoms with Gasteiger partial charge in [0.2, 0.25) is 0 Å². The number of benzene rings is 1. The van der Waals surface area contributed by atoms with Crippen molar-refractivity contribution in [1.29, 1.82) is 0 Å². The summed E-state index contributed by atoms with van der Waals surface area (Å²) in [5, 5.41) is 10.1. The minimum Gasteiger partial charge on any atom is -0.506 e. The fourth-order valence-electron chi connectivity index (χ4n) is 2.41. The van der Waals surface area contributed by atoms with Crippen molar-refractivity contribution in [1.82, 2.24) is 4.72 Å². The van der Waals surface area contributed by atoms with E-state index in [1.165, 1.54) is 12.1 Å². The fourth-order valence-corrected chi connectivity index (χ4v) is 3.57. The van der Waals surface area contributed by atoms with Gasteiger partial charge in [0, 0.05) is 0 Å². The summed E-state index contributed by atoms with van der Waals surface area (Å²) in [6.45, 7) is 6.67. The average molecular weight is 370 g/mol. The second-order valence-electron chi connectivity index (χ2n) is 7.00. The summed E-state index contributed by atoms with van der Waals surface area (Å²) < 4.78 is 31.6. The summed E-state index contributed by atoms with van der Waals surface area (Å²) in [6, 6.07) is 4.40. The first-order valence-corrected chi connectivity index (χ1v) is 9.21. The van der Waals surface area contributed by atoms with Gasteiger partial charge in [0.15, 0.2) is 0 Å². The quantitative estimate of drug-likeness (QED) is 0.767. The standard InChI is InChI=1S/C16H22N2O6S/c1-10(15(21)24-16(2,3)4)7-11-5-6-12(13(19)8-11)18-9-14(20)17-25(18,22)23/h5-6,8,10,19H,7,9H2,1-4H3,(H,17,20). The second kappa shape index (κ2) is 6.55. The summed E-state index contributed by atoms with van der Waals surface area (Å²) >= 11 is 0. The zero-order valence-electron chi connectivity index (χ0n) is 14.6. The van der Waals surface area contributed by atoms with Crippen LogP contribution < -0.4 is 9.03 Å². The zero-order chi connectivity index (χ0) is 19.0. The Morgan fingerprint density at radius 3 is 2.52 bits per heavy atom. The number of carbonyl (C=O) groups excluding carboxylic acids is 2. The first kappa shape index (κ1) is 19.0. The van der Waals surface area contributed by atoms with Gasteiger partial charge in [0.1, 0.15) is 17.9 Å². The Labute approximate surface area is 147 Å². The lowest BCUT2D eigenvalue weighted by Gasteiger charge is -2.22. The third kappa shape index (κ3) is 4.62. The number of amides is 1. The van der Waals surface area contributed by atoms with Crippen molar-refractivity contribution in [3.63, 3.8) is 0 Å². The number of ether oxygens (including phenoxy) is 1. The number of nitrogens with zero attached hydrogens (tertiary/aromatic N) is 1. The molecule has 9 heteroatoms. The molecule has 138 valence electrons. The van der Waals surface area contributed by atoms with E-state index in [2.05, 4.69) is 0 Å². The van der Waals surface area contributed by atoms with Crippen molar-refractivity contribution in [2.75, 3.05) is 10.8 Å². The van der Waals surface area contributed by atoms with Crippen LogP contribution in [0.4, 0.5) is 5.69 Å². The van der Waals surface area contributed by atoms with E-state index in [4.69, 9.17) is 4.74 Å². The second-order valence-corrected chi connectivity index (χ2v) is 8.59. The molecule has 0 bridgehead atoms. The Morgan fingerprint density at radius 2 is 2.04 bits per heavy atom. The van der Waals surface area contributed by atoms with Gasteiger partial charge in [-0.15, -0.1) is 0 Å². The first-order chi connectivity index (χ1) is 11.4. The summed E-state index contributed by atoms with van der Waals surface area (Å²) in [5.74, 6) is -1.73. The van der Waals surface area contributed by atoms with Crippen LogP contribution in [0.2, 0.25) is 0 Å². The van der Waals surface area contributed by atoms with Crippen LogP contribution in [0.25, 0.3) is 0 Å². The molecule has 1 unspecified atom stereocenters. The molecule has 8 nitrogen and oxygen atoms in total. The van der Waals surface area contributed by atoms with Gasteiger partial charge in [0.05, 0.1) is 11.6 Å². The third-order valence-electron chi connectivity index (χ3n) is 3.48. The number of rotatable bonds is 4. The van der Waals surface area contributed by atoms with Gasteiger partial charge in [-0.05, 0) is 44.9 Å². The number of esters is 1. The van der Waals surface area contributed by atoms with Crippen molar-refractivity contribution in [3.8, 4) is 5.75 Å². The van der Waals surface area contributed by atoms with Crippen molar-refractivity contribution in [3.05, 3.63) is 23.8 Å². The number of carbonyl (C=O) groups is 2. The normalized spacial score (nSPS) is 17.9. The molecule has 2 N–H and O–H groups in total. The summed E-state index contributed by atoms with van der Waals surface area (Å²) in [6.07, 6.45) is 0.326. The number of phenols is 1. The molecule has 1 heterocycles. The molecule has 0 radical (unpaired) electrons. The van der Waals surface area contributed by atoms with Gasteiger partial charge in [-0.1, -0.05) is 13.0 Å². The molecular weight excluding hydrogens is 348 g/mol. The van der Waals surface area contributed by atoms with Gasteiger partial charge in [0.25, 0.3) is 5.91 Å². The maximum Gasteiger partial charge on any atom is 0.326 e. The van der Waals surface area contributed by atoms with Crippen molar-refractivity contribution < 1.29 is 27.9 Å². The fraction of sp³-hybridized carbons (Fsp3) is 0.500. The number of nitrogens with one attached hydrogen (secondary N) is 1. The molecule has 0 aliphatic carbocycles. The molecule has 1 aromatic rings. The molecule has 1 fully saturated rings. The van der Waals surface area contributed by atoms with Gasteiger partial charge in [-0.2, -0.15) is 8.42 Å². The molecule has 2 rings (SSSR count). The molecule has 1 saturated heterocycles. The summed E-state index contributed by atoms with van der Waals surface area (Å²) in [5.41, 5.74) is 0.0728. The number of aromatic hydroxyl groups is 1. The highest BCUT2D eigenvalue weighted by Gasteiger charge is 2.35. The van der Waals surface area contributed by atoms with E-state index >= 15 is 0 Å². The maximum absolute atomic E-state index is 12.0. The average Bonchev–Trinajstić information content (AvgIpc) is 2.69. The highest BCUT2D eigenvalue weighted by Crippen LogP contribution is 2.32. The van der Waals surface area contributed by atoms with E-state index < -0.39 is 27.6 Å². The summed E-state index contributed by atoms with van der Waals surface area (Å²) in [7, 11) is -3.98. The molecule has 0 spiro atoms. The number of phenolic OH excluding ortho intramolecular Hbond substituents is 1. The maximum atomic E-state index is 12.0. The number of hydrogen-bond acceptors (Lipinski definition) is 6. The molecule has 0 aromatic heterocycles. The van der Waals surface area contributed by atoms with E-state index in [1.54, 1.807) is 33.8 Å². The molecule has 1 aliphatic rings. The minimum atomic E-state index is -3.98. The highest BCUT2D eigenvalue weighted by molar-refractivity contribution is 7.92. The molecule has 25 heavy (non-hydrogen) atoms. The Hall–Kier alpha value is -2.29. The Bertz CT molecular complexity index is 797. The Morgan fingerprint density at radius 1 is 1.40 bits per heavy atom. The van der Waals surface area contributed by atoms with Crippen LogP contribution >= 0.6 is 0 Å². The first-order valence-electron chi connectivity index (χ1n) is 7.77. The van der Waals surface area contributed by atoms with Gasteiger partial charge in [-0.25, -0.2) is 9.03 Å². The van der Waals surface area contributed by atoms with E-state index in [1.807, 2.05) is 4.72 Å². The smallest absolute Gasteiger partial charge is 0.326 e. The monoisotopic (exact) mass is 370 g/mol. The van der Waals surface area contributed by atoms with E-state index in [0.29, 0.717) is 12.0 Å². The molecular formula is C16H22N2O6S. The SMILES string of the molecule is CC(Cc1ccc(N2CC(=O)NS2(=O)=O)c(O)c1)C(=O)OC(C)(C)C. The Balaban J connectivity index is 2.15. The van der Waals surface area contributed by atoms with Crippen molar-refractivity contribution in [2.24, 2.45) is 5.92 Å². The van der Waals surface area contributed by atoms with Crippen LogP contribution in [0, 0.1) is 5.92 Å².